The topological polar surface area (TPSA) is 47.6 Å². The first-order chi connectivity index (χ1) is 11.1. The fraction of sp³-hybridized carbons (Fsp3) is 0.278. The lowest BCUT2D eigenvalue weighted by Crippen LogP contribution is -2.23. The van der Waals surface area contributed by atoms with E-state index in [1.807, 2.05) is 24.3 Å². The van der Waals surface area contributed by atoms with E-state index in [0.29, 0.717) is 23.6 Å². The fourth-order valence-electron chi connectivity index (χ4n) is 3.07. The van der Waals surface area contributed by atoms with Crippen LogP contribution in [0.15, 0.2) is 45.9 Å². The molecule has 0 bridgehead atoms. The van der Waals surface area contributed by atoms with Gasteiger partial charge in [-0.15, -0.1) is 0 Å². The molecular weight excluding hydrogens is 359 g/mol. The minimum Gasteiger partial charge on any atom is -0.491 e. The third-order valence-corrected chi connectivity index (χ3v) is 5.07. The highest BCUT2D eigenvalue weighted by atomic mass is 79.9. The van der Waals surface area contributed by atoms with Crippen LogP contribution < -0.4 is 10.5 Å². The van der Waals surface area contributed by atoms with Crippen molar-refractivity contribution in [3.05, 3.63) is 57.8 Å². The van der Waals surface area contributed by atoms with E-state index < -0.39 is 0 Å². The normalized spacial score (nSPS) is 18.4. The van der Waals surface area contributed by atoms with Crippen LogP contribution in [0.25, 0.3) is 0 Å². The van der Waals surface area contributed by atoms with E-state index in [1.54, 1.807) is 6.07 Å². The lowest BCUT2D eigenvalue weighted by Gasteiger charge is -2.21. The van der Waals surface area contributed by atoms with E-state index in [0.717, 1.165) is 29.3 Å². The van der Waals surface area contributed by atoms with Crippen molar-refractivity contribution in [2.75, 3.05) is 6.61 Å². The molecule has 1 heterocycles. The monoisotopic (exact) mass is 374 g/mol. The summed E-state index contributed by atoms with van der Waals surface area (Å²) >= 11 is 3.43. The molecule has 23 heavy (non-hydrogen) atoms. The number of ether oxygens (including phenoxy) is 1. The fourth-order valence-corrected chi connectivity index (χ4v) is 3.42. The quantitative estimate of drug-likeness (QED) is 0.745. The summed E-state index contributed by atoms with van der Waals surface area (Å²) in [5.74, 6) is 0.554. The molecule has 0 amide bonds. The van der Waals surface area contributed by atoms with Crippen LogP contribution >= 0.6 is 15.9 Å². The molecule has 0 atom stereocenters. The molecule has 0 radical (unpaired) electrons. The number of amidine groups is 1. The van der Waals surface area contributed by atoms with Gasteiger partial charge in [0.15, 0.2) is 0 Å². The van der Waals surface area contributed by atoms with Crippen LogP contribution in [-0.2, 0) is 6.42 Å². The van der Waals surface area contributed by atoms with Gasteiger partial charge in [-0.3, -0.25) is 0 Å². The molecule has 0 aromatic heterocycles. The molecule has 2 aromatic rings. The minimum absolute atomic E-state index is 0.0878. The average molecular weight is 375 g/mol. The average Bonchev–Trinajstić information content (AvgIpc) is 3.26. The highest BCUT2D eigenvalue weighted by Crippen LogP contribution is 2.50. The Morgan fingerprint density at radius 3 is 2.83 bits per heavy atom. The van der Waals surface area contributed by atoms with E-state index in [-0.39, 0.29) is 17.1 Å². The van der Waals surface area contributed by atoms with Gasteiger partial charge < -0.3 is 10.5 Å². The number of hydrogen-bond acceptors (Lipinski definition) is 3. The second kappa shape index (κ2) is 5.34. The smallest absolute Gasteiger partial charge is 0.145 e. The highest BCUT2D eigenvalue weighted by molar-refractivity contribution is 9.10. The molecule has 0 unspecified atom stereocenters. The maximum Gasteiger partial charge on any atom is 0.145 e. The first-order valence-corrected chi connectivity index (χ1v) is 8.40. The molecule has 118 valence electrons. The van der Waals surface area contributed by atoms with Crippen molar-refractivity contribution < 1.29 is 9.13 Å². The van der Waals surface area contributed by atoms with Crippen LogP contribution in [0.1, 0.15) is 24.0 Å². The Morgan fingerprint density at radius 1 is 1.22 bits per heavy atom. The van der Waals surface area contributed by atoms with Crippen molar-refractivity contribution >= 4 is 27.5 Å². The lowest BCUT2D eigenvalue weighted by atomic mass is 9.93. The van der Waals surface area contributed by atoms with Crippen molar-refractivity contribution in [1.82, 2.24) is 0 Å². The van der Waals surface area contributed by atoms with Crippen molar-refractivity contribution in [2.45, 2.75) is 19.3 Å². The van der Waals surface area contributed by atoms with Crippen molar-refractivity contribution in [3.8, 4) is 5.75 Å². The van der Waals surface area contributed by atoms with Gasteiger partial charge in [-0.2, -0.15) is 0 Å². The summed E-state index contributed by atoms with van der Waals surface area (Å²) in [6.07, 6.45) is 2.94. The van der Waals surface area contributed by atoms with Gasteiger partial charge in [0.1, 0.15) is 23.1 Å². The van der Waals surface area contributed by atoms with Crippen LogP contribution in [-0.4, -0.2) is 12.4 Å². The molecule has 1 saturated carbocycles. The first-order valence-electron chi connectivity index (χ1n) is 7.61. The van der Waals surface area contributed by atoms with E-state index in [2.05, 4.69) is 20.9 Å². The molecule has 4 rings (SSSR count). The van der Waals surface area contributed by atoms with Gasteiger partial charge in [0.2, 0.25) is 0 Å². The molecule has 2 aromatic carbocycles. The summed E-state index contributed by atoms with van der Waals surface area (Å²) in [7, 11) is 0. The summed E-state index contributed by atoms with van der Waals surface area (Å²) < 4.78 is 21.3. The molecule has 0 saturated heterocycles. The van der Waals surface area contributed by atoms with Gasteiger partial charge >= 0.3 is 0 Å². The van der Waals surface area contributed by atoms with Gasteiger partial charge in [0.05, 0.1) is 12.2 Å². The zero-order chi connectivity index (χ0) is 16.0. The SMILES string of the molecule is NC1=Nc2cc(Br)ccc2OCC2(CC2)Cc2cccc(F)c21. The third kappa shape index (κ3) is 2.74. The molecule has 5 heteroatoms. The summed E-state index contributed by atoms with van der Waals surface area (Å²) in [5, 5.41) is 0. The Hall–Kier alpha value is -1.88. The van der Waals surface area contributed by atoms with Gasteiger partial charge in [0.25, 0.3) is 0 Å². The number of nitrogens with two attached hydrogens (primary N) is 1. The zero-order valence-electron chi connectivity index (χ0n) is 12.5. The van der Waals surface area contributed by atoms with Crippen LogP contribution in [0.5, 0.6) is 5.75 Å². The van der Waals surface area contributed by atoms with Crippen molar-refractivity contribution in [1.29, 1.82) is 0 Å². The Bertz CT molecular complexity index is 815. The van der Waals surface area contributed by atoms with Crippen LogP contribution in [0, 0.1) is 11.2 Å². The van der Waals surface area contributed by atoms with Crippen LogP contribution in [0.2, 0.25) is 0 Å². The molecule has 3 nitrogen and oxygen atoms in total. The predicted octanol–water partition coefficient (Wildman–Crippen LogP) is 4.34. The van der Waals surface area contributed by atoms with Crippen molar-refractivity contribution in [3.63, 3.8) is 0 Å². The van der Waals surface area contributed by atoms with Gasteiger partial charge in [0, 0.05) is 9.89 Å². The summed E-state index contributed by atoms with van der Waals surface area (Å²) in [5.41, 5.74) is 8.18. The zero-order valence-corrected chi connectivity index (χ0v) is 14.1. The number of fused-ring (bicyclic) bond motifs is 2. The molecule has 1 aliphatic heterocycles. The molecule has 2 N–H and O–H groups in total. The summed E-state index contributed by atoms with van der Waals surface area (Å²) in [6, 6.07) is 10.7. The van der Waals surface area contributed by atoms with E-state index in [9.17, 15) is 4.39 Å². The Balaban J connectivity index is 1.92. The van der Waals surface area contributed by atoms with E-state index in [1.165, 1.54) is 6.07 Å². The molecular formula is C18H16BrFN2O. The predicted molar refractivity (Wildman–Crippen MR) is 91.8 cm³/mol. The Morgan fingerprint density at radius 2 is 2.04 bits per heavy atom. The molecule has 2 aliphatic rings. The minimum atomic E-state index is -0.322. The maximum atomic E-state index is 14.4. The molecule has 1 aliphatic carbocycles. The highest BCUT2D eigenvalue weighted by Gasteiger charge is 2.44. The second-order valence-corrected chi connectivity index (χ2v) is 7.26. The lowest BCUT2D eigenvalue weighted by molar-refractivity contribution is 0.233. The van der Waals surface area contributed by atoms with Gasteiger partial charge in [-0.1, -0.05) is 28.1 Å². The number of rotatable bonds is 0. The summed E-state index contributed by atoms with van der Waals surface area (Å²) in [4.78, 5) is 4.43. The number of halogens is 2. The first kappa shape index (κ1) is 14.7. The standard InChI is InChI=1S/C18H16BrFN2O/c19-12-4-5-15-14(8-12)22-17(21)16-11(2-1-3-13(16)20)9-18(6-7-18)10-23-15/h1-5,8H,6-7,9-10H2,(H2,21,22). The Kier molecular flexibility index (Phi) is 3.41. The number of aliphatic imine (C=N–C) groups is 1. The third-order valence-electron chi connectivity index (χ3n) is 4.57. The van der Waals surface area contributed by atoms with E-state index >= 15 is 0 Å². The van der Waals surface area contributed by atoms with Crippen LogP contribution in [0.4, 0.5) is 10.1 Å². The summed E-state index contributed by atoms with van der Waals surface area (Å²) in [6.45, 7) is 0.618. The Labute approximate surface area is 142 Å². The number of nitrogens with zero attached hydrogens (tertiary/aromatic N) is 1. The van der Waals surface area contributed by atoms with Crippen molar-refractivity contribution in [2.24, 2.45) is 16.1 Å². The largest absolute Gasteiger partial charge is 0.491 e. The number of hydrogen-bond donors (Lipinski definition) is 1. The van der Waals surface area contributed by atoms with Gasteiger partial charge in [-0.25, -0.2) is 9.38 Å². The number of benzene rings is 2. The maximum absolute atomic E-state index is 14.4. The van der Waals surface area contributed by atoms with E-state index in [4.69, 9.17) is 10.5 Å². The second-order valence-electron chi connectivity index (χ2n) is 6.35. The molecule has 1 spiro atoms. The molecule has 1 fully saturated rings. The van der Waals surface area contributed by atoms with Gasteiger partial charge in [-0.05, 0) is 49.1 Å². The van der Waals surface area contributed by atoms with Crippen LogP contribution in [0.3, 0.4) is 0 Å².